The number of carbonyl (C=O) groups is 1. The van der Waals surface area contributed by atoms with E-state index in [9.17, 15) is 4.79 Å². The van der Waals surface area contributed by atoms with Crippen LogP contribution in [-0.2, 0) is 6.54 Å². The number of aromatic amines is 1. The Kier molecular flexibility index (Phi) is 4.97. The van der Waals surface area contributed by atoms with Gasteiger partial charge in [-0.15, -0.1) is 0 Å². The molecule has 0 aliphatic carbocycles. The van der Waals surface area contributed by atoms with E-state index in [0.29, 0.717) is 6.54 Å². The van der Waals surface area contributed by atoms with Gasteiger partial charge in [-0.1, -0.05) is 32.0 Å². The van der Waals surface area contributed by atoms with Crippen molar-refractivity contribution in [1.29, 1.82) is 0 Å². The number of pyridine rings is 1. The van der Waals surface area contributed by atoms with E-state index in [4.69, 9.17) is 0 Å². The number of hydrogen-bond donors (Lipinski definition) is 2. The molecule has 0 saturated heterocycles. The molecular weight excluding hydrogens is 314 g/mol. The van der Waals surface area contributed by atoms with Crippen molar-refractivity contribution in [2.24, 2.45) is 5.92 Å². The Morgan fingerprint density at radius 2 is 1.96 bits per heavy atom. The van der Waals surface area contributed by atoms with E-state index in [1.165, 1.54) is 0 Å². The first kappa shape index (κ1) is 17.0. The molecule has 0 radical (unpaired) electrons. The third-order valence-corrected chi connectivity index (χ3v) is 4.12. The number of aromatic nitrogens is 3. The molecule has 3 aromatic rings. The first-order valence-electron chi connectivity index (χ1n) is 8.41. The lowest BCUT2D eigenvalue weighted by Gasteiger charge is -2.24. The number of carbonyl (C=O) groups excluding carboxylic acids is 1. The van der Waals surface area contributed by atoms with Crippen LogP contribution in [0, 0.1) is 5.92 Å². The van der Waals surface area contributed by atoms with Crippen LogP contribution >= 0.6 is 0 Å². The third kappa shape index (κ3) is 3.96. The molecule has 0 fully saturated rings. The maximum atomic E-state index is 12.6. The van der Waals surface area contributed by atoms with Crippen LogP contribution in [0.2, 0.25) is 0 Å². The second kappa shape index (κ2) is 7.34. The smallest absolute Gasteiger partial charge is 0.318 e. The van der Waals surface area contributed by atoms with Gasteiger partial charge in [0.2, 0.25) is 0 Å². The fourth-order valence-electron chi connectivity index (χ4n) is 2.72. The van der Waals surface area contributed by atoms with Crippen LogP contribution in [0.3, 0.4) is 0 Å². The van der Waals surface area contributed by atoms with Crippen molar-refractivity contribution in [3.05, 3.63) is 60.2 Å². The van der Waals surface area contributed by atoms with Gasteiger partial charge < -0.3 is 15.2 Å². The second-order valence-corrected chi connectivity index (χ2v) is 6.49. The highest BCUT2D eigenvalue weighted by atomic mass is 16.2. The van der Waals surface area contributed by atoms with Gasteiger partial charge in [0.25, 0.3) is 0 Å². The quantitative estimate of drug-likeness (QED) is 0.748. The summed E-state index contributed by atoms with van der Waals surface area (Å²) in [5.74, 6) is 0.976. The van der Waals surface area contributed by atoms with E-state index in [1.807, 2.05) is 42.5 Å². The lowest BCUT2D eigenvalue weighted by Crippen LogP contribution is -2.41. The largest absolute Gasteiger partial charge is 0.340 e. The number of fused-ring (bicyclic) bond motifs is 1. The number of H-pyrrole nitrogens is 1. The van der Waals surface area contributed by atoms with Crippen LogP contribution in [0.4, 0.5) is 4.79 Å². The van der Waals surface area contributed by atoms with Gasteiger partial charge in [0.05, 0.1) is 29.3 Å². The SMILES string of the molecule is CC(C)[C@@H](NC(=O)N(C)Cc1ccccn1)c1nc2ccccc2[nH]1. The maximum absolute atomic E-state index is 12.6. The summed E-state index contributed by atoms with van der Waals surface area (Å²) >= 11 is 0. The normalized spacial score (nSPS) is 12.3. The minimum absolute atomic E-state index is 0.148. The van der Waals surface area contributed by atoms with Crippen molar-refractivity contribution in [2.75, 3.05) is 7.05 Å². The van der Waals surface area contributed by atoms with Crippen molar-refractivity contribution in [3.63, 3.8) is 0 Å². The highest BCUT2D eigenvalue weighted by Gasteiger charge is 2.23. The summed E-state index contributed by atoms with van der Waals surface area (Å²) in [6, 6.07) is 13.2. The molecule has 130 valence electrons. The highest BCUT2D eigenvalue weighted by Crippen LogP contribution is 2.22. The second-order valence-electron chi connectivity index (χ2n) is 6.49. The Balaban J connectivity index is 1.73. The summed E-state index contributed by atoms with van der Waals surface area (Å²) in [6.07, 6.45) is 1.73. The van der Waals surface area contributed by atoms with Gasteiger partial charge in [-0.2, -0.15) is 0 Å². The summed E-state index contributed by atoms with van der Waals surface area (Å²) in [5, 5.41) is 3.08. The molecule has 0 unspecified atom stereocenters. The van der Waals surface area contributed by atoms with E-state index >= 15 is 0 Å². The molecule has 1 atom stereocenters. The van der Waals surface area contributed by atoms with E-state index in [2.05, 4.69) is 34.1 Å². The molecule has 0 bridgehead atoms. The average molecular weight is 337 g/mol. The minimum atomic E-state index is -0.189. The van der Waals surface area contributed by atoms with Crippen LogP contribution in [-0.4, -0.2) is 32.9 Å². The molecule has 2 aromatic heterocycles. The summed E-state index contributed by atoms with van der Waals surface area (Å²) in [4.78, 5) is 26.4. The zero-order valence-electron chi connectivity index (χ0n) is 14.7. The van der Waals surface area contributed by atoms with Crippen molar-refractivity contribution in [3.8, 4) is 0 Å². The van der Waals surface area contributed by atoms with Gasteiger partial charge in [0, 0.05) is 13.2 Å². The molecule has 6 heteroatoms. The number of rotatable bonds is 5. The summed E-state index contributed by atoms with van der Waals surface area (Å²) < 4.78 is 0. The lowest BCUT2D eigenvalue weighted by atomic mass is 10.0. The first-order valence-corrected chi connectivity index (χ1v) is 8.41. The Labute approximate surface area is 147 Å². The van der Waals surface area contributed by atoms with Crippen LogP contribution < -0.4 is 5.32 Å². The molecule has 0 spiro atoms. The molecule has 0 aliphatic rings. The molecule has 6 nitrogen and oxygen atoms in total. The zero-order chi connectivity index (χ0) is 17.8. The third-order valence-electron chi connectivity index (χ3n) is 4.12. The monoisotopic (exact) mass is 337 g/mol. The van der Waals surface area contributed by atoms with Gasteiger partial charge in [-0.05, 0) is 30.2 Å². The molecule has 2 heterocycles. The van der Waals surface area contributed by atoms with Crippen molar-refractivity contribution < 1.29 is 4.79 Å². The predicted molar refractivity (Wildman–Crippen MR) is 97.9 cm³/mol. The van der Waals surface area contributed by atoms with Gasteiger partial charge in [0.1, 0.15) is 5.82 Å². The van der Waals surface area contributed by atoms with E-state index in [0.717, 1.165) is 22.6 Å². The van der Waals surface area contributed by atoms with Crippen molar-refractivity contribution in [1.82, 2.24) is 25.2 Å². The zero-order valence-corrected chi connectivity index (χ0v) is 14.7. The summed E-state index contributed by atoms with van der Waals surface area (Å²) in [6.45, 7) is 4.59. The van der Waals surface area contributed by atoms with Crippen LogP contribution in [0.25, 0.3) is 11.0 Å². The first-order chi connectivity index (χ1) is 12.0. The fraction of sp³-hybridized carbons (Fsp3) is 0.316. The number of urea groups is 1. The van der Waals surface area contributed by atoms with Crippen LogP contribution in [0.1, 0.15) is 31.4 Å². The number of hydrogen-bond acceptors (Lipinski definition) is 3. The number of imidazole rings is 1. The summed E-state index contributed by atoms with van der Waals surface area (Å²) in [7, 11) is 1.76. The van der Waals surface area contributed by atoms with Gasteiger partial charge in [0.15, 0.2) is 0 Å². The van der Waals surface area contributed by atoms with Crippen LogP contribution in [0.5, 0.6) is 0 Å². The molecular formula is C19H23N5O. The molecule has 0 saturated carbocycles. The number of para-hydroxylation sites is 2. The van der Waals surface area contributed by atoms with E-state index in [-0.39, 0.29) is 18.0 Å². The number of benzene rings is 1. The number of nitrogens with zero attached hydrogens (tertiary/aromatic N) is 3. The maximum Gasteiger partial charge on any atom is 0.318 e. The minimum Gasteiger partial charge on any atom is -0.340 e. The Morgan fingerprint density at radius 3 is 2.64 bits per heavy atom. The van der Waals surface area contributed by atoms with E-state index in [1.54, 1.807) is 18.1 Å². The number of amides is 2. The van der Waals surface area contributed by atoms with Crippen molar-refractivity contribution >= 4 is 17.1 Å². The lowest BCUT2D eigenvalue weighted by molar-refractivity contribution is 0.197. The topological polar surface area (TPSA) is 73.9 Å². The molecule has 2 N–H and O–H groups in total. The average Bonchev–Trinajstić information content (AvgIpc) is 3.03. The Bertz CT molecular complexity index is 810. The standard InChI is InChI=1S/C19H23N5O/c1-13(2)17(18-21-15-9-4-5-10-16(15)22-18)23-19(25)24(3)12-14-8-6-7-11-20-14/h4-11,13,17H,12H2,1-3H3,(H,21,22)(H,23,25)/t17-/m1/s1. The Hall–Kier alpha value is -2.89. The summed E-state index contributed by atoms with van der Waals surface area (Å²) in [5.41, 5.74) is 2.73. The van der Waals surface area contributed by atoms with Crippen LogP contribution in [0.15, 0.2) is 48.7 Å². The molecule has 1 aromatic carbocycles. The van der Waals surface area contributed by atoms with Gasteiger partial charge in [-0.3, -0.25) is 4.98 Å². The van der Waals surface area contributed by atoms with Crippen molar-refractivity contribution in [2.45, 2.75) is 26.4 Å². The Morgan fingerprint density at radius 1 is 1.20 bits per heavy atom. The van der Waals surface area contributed by atoms with Gasteiger partial charge >= 0.3 is 6.03 Å². The number of nitrogens with one attached hydrogen (secondary N) is 2. The fourth-order valence-corrected chi connectivity index (χ4v) is 2.72. The highest BCUT2D eigenvalue weighted by molar-refractivity contribution is 5.76. The van der Waals surface area contributed by atoms with Gasteiger partial charge in [-0.25, -0.2) is 9.78 Å². The molecule has 25 heavy (non-hydrogen) atoms. The molecule has 0 aliphatic heterocycles. The predicted octanol–water partition coefficient (Wildman–Crippen LogP) is 3.50. The molecule has 3 rings (SSSR count). The van der Waals surface area contributed by atoms with E-state index < -0.39 is 0 Å². The molecule has 2 amide bonds.